The molecule has 3 rings (SSSR count). The normalized spacial score (nSPS) is 10.5. The number of hydrogen-bond donors (Lipinski definition) is 2. The first-order chi connectivity index (χ1) is 13.5. The number of carbonyl (C=O) groups is 1. The van der Waals surface area contributed by atoms with Crippen LogP contribution in [0.5, 0.6) is 0 Å². The number of benzene rings is 2. The van der Waals surface area contributed by atoms with Crippen LogP contribution in [0.15, 0.2) is 54.6 Å². The lowest BCUT2D eigenvalue weighted by Crippen LogP contribution is -2.17. The van der Waals surface area contributed by atoms with Crippen molar-refractivity contribution >= 4 is 17.4 Å². The molecule has 6 nitrogen and oxygen atoms in total. The summed E-state index contributed by atoms with van der Waals surface area (Å²) in [5, 5.41) is 6.11. The Balaban J connectivity index is 1.91. The Kier molecular flexibility index (Phi) is 6.34. The van der Waals surface area contributed by atoms with E-state index in [9.17, 15) is 4.79 Å². The van der Waals surface area contributed by atoms with Crippen molar-refractivity contribution in [3.05, 3.63) is 71.4 Å². The summed E-state index contributed by atoms with van der Waals surface area (Å²) < 4.78 is 5.07. The van der Waals surface area contributed by atoms with E-state index < -0.39 is 0 Å². The molecule has 0 bridgehead atoms. The monoisotopic (exact) mass is 376 g/mol. The first-order valence-electron chi connectivity index (χ1n) is 9.12. The minimum atomic E-state index is -0.278. The van der Waals surface area contributed by atoms with Gasteiger partial charge in [0.25, 0.3) is 5.91 Å². The number of nitrogens with one attached hydrogen (secondary N) is 2. The molecule has 0 aliphatic rings. The molecule has 0 spiro atoms. The fourth-order valence-electron chi connectivity index (χ4n) is 2.89. The second kappa shape index (κ2) is 9.10. The molecule has 0 saturated heterocycles. The van der Waals surface area contributed by atoms with Crippen LogP contribution in [0.1, 0.15) is 21.6 Å². The summed E-state index contributed by atoms with van der Waals surface area (Å²) in [6, 6.07) is 17.2. The van der Waals surface area contributed by atoms with Gasteiger partial charge in [0.15, 0.2) is 5.82 Å². The first kappa shape index (κ1) is 19.5. The van der Waals surface area contributed by atoms with Gasteiger partial charge in [-0.2, -0.15) is 0 Å². The van der Waals surface area contributed by atoms with Crippen molar-refractivity contribution in [3.63, 3.8) is 0 Å². The molecule has 0 fully saturated rings. The fraction of sp³-hybridized carbons (Fsp3) is 0.227. The Labute approximate surface area is 165 Å². The maximum absolute atomic E-state index is 12.8. The van der Waals surface area contributed by atoms with Gasteiger partial charge < -0.3 is 15.4 Å². The highest BCUT2D eigenvalue weighted by atomic mass is 16.5. The maximum Gasteiger partial charge on any atom is 0.274 e. The van der Waals surface area contributed by atoms with E-state index in [-0.39, 0.29) is 5.91 Å². The SMILES string of the molecule is COCCNc1cc(C(=O)Nc2cc(C)cc(C)c2)nc(-c2ccccc2)n1. The third-order valence-corrected chi connectivity index (χ3v) is 4.08. The van der Waals surface area contributed by atoms with Crippen molar-refractivity contribution < 1.29 is 9.53 Å². The highest BCUT2D eigenvalue weighted by Gasteiger charge is 2.14. The zero-order chi connectivity index (χ0) is 19.9. The molecular formula is C22H24N4O2. The van der Waals surface area contributed by atoms with E-state index >= 15 is 0 Å². The summed E-state index contributed by atoms with van der Waals surface area (Å²) in [6.07, 6.45) is 0. The molecule has 0 radical (unpaired) electrons. The smallest absolute Gasteiger partial charge is 0.274 e. The number of aromatic nitrogens is 2. The van der Waals surface area contributed by atoms with E-state index in [1.165, 1.54) is 0 Å². The van der Waals surface area contributed by atoms with Gasteiger partial charge in [-0.1, -0.05) is 36.4 Å². The van der Waals surface area contributed by atoms with Crippen LogP contribution in [0, 0.1) is 13.8 Å². The van der Waals surface area contributed by atoms with Crippen LogP contribution in [-0.2, 0) is 4.74 Å². The van der Waals surface area contributed by atoms with Gasteiger partial charge >= 0.3 is 0 Å². The van der Waals surface area contributed by atoms with Crippen molar-refractivity contribution in [3.8, 4) is 11.4 Å². The number of carbonyl (C=O) groups excluding carboxylic acids is 1. The molecule has 1 amide bonds. The molecule has 0 saturated carbocycles. The van der Waals surface area contributed by atoms with Crippen LogP contribution in [0.2, 0.25) is 0 Å². The zero-order valence-electron chi connectivity index (χ0n) is 16.3. The lowest BCUT2D eigenvalue weighted by Gasteiger charge is -2.11. The van der Waals surface area contributed by atoms with Gasteiger partial charge in [-0.25, -0.2) is 9.97 Å². The molecule has 3 aromatic rings. The number of ether oxygens (including phenoxy) is 1. The van der Waals surface area contributed by atoms with Crippen LogP contribution in [0.3, 0.4) is 0 Å². The number of amides is 1. The molecule has 28 heavy (non-hydrogen) atoms. The van der Waals surface area contributed by atoms with E-state index in [0.29, 0.717) is 30.5 Å². The number of nitrogens with zero attached hydrogens (tertiary/aromatic N) is 2. The summed E-state index contributed by atoms with van der Waals surface area (Å²) in [4.78, 5) is 21.9. The molecule has 1 aromatic heterocycles. The van der Waals surface area contributed by atoms with Gasteiger partial charge in [-0.15, -0.1) is 0 Å². The lowest BCUT2D eigenvalue weighted by atomic mass is 10.1. The molecule has 144 valence electrons. The number of anilines is 2. The Morgan fingerprint density at radius 2 is 1.71 bits per heavy atom. The third kappa shape index (κ3) is 5.14. The van der Waals surface area contributed by atoms with Crippen LogP contribution in [0.4, 0.5) is 11.5 Å². The Morgan fingerprint density at radius 3 is 2.39 bits per heavy atom. The minimum Gasteiger partial charge on any atom is -0.383 e. The molecule has 0 atom stereocenters. The van der Waals surface area contributed by atoms with Crippen molar-refractivity contribution in [1.82, 2.24) is 9.97 Å². The Bertz CT molecular complexity index is 938. The average Bonchev–Trinajstić information content (AvgIpc) is 2.68. The van der Waals surface area contributed by atoms with Crippen LogP contribution < -0.4 is 10.6 Å². The van der Waals surface area contributed by atoms with Gasteiger partial charge in [0.1, 0.15) is 11.5 Å². The predicted molar refractivity (Wildman–Crippen MR) is 112 cm³/mol. The largest absolute Gasteiger partial charge is 0.383 e. The molecular weight excluding hydrogens is 352 g/mol. The molecule has 0 unspecified atom stereocenters. The van der Waals surface area contributed by atoms with E-state index in [0.717, 1.165) is 22.4 Å². The second-order valence-electron chi connectivity index (χ2n) is 6.58. The summed E-state index contributed by atoms with van der Waals surface area (Å²) >= 11 is 0. The van der Waals surface area contributed by atoms with Gasteiger partial charge in [-0.05, 0) is 37.1 Å². The third-order valence-electron chi connectivity index (χ3n) is 4.08. The standard InChI is InChI=1S/C22H24N4O2/c1-15-11-16(2)13-18(12-15)24-22(27)19-14-20(23-9-10-28-3)26-21(25-19)17-7-5-4-6-8-17/h4-8,11-14H,9-10H2,1-3H3,(H,24,27)(H,23,25,26). The maximum atomic E-state index is 12.8. The van der Waals surface area contributed by atoms with Crippen LogP contribution in [-0.4, -0.2) is 36.1 Å². The molecule has 0 aliphatic carbocycles. The van der Waals surface area contributed by atoms with Crippen molar-refractivity contribution in [2.45, 2.75) is 13.8 Å². The van der Waals surface area contributed by atoms with Crippen molar-refractivity contribution in [2.75, 3.05) is 30.9 Å². The molecule has 0 aliphatic heterocycles. The van der Waals surface area contributed by atoms with E-state index in [2.05, 4.69) is 26.7 Å². The van der Waals surface area contributed by atoms with Gasteiger partial charge in [0.2, 0.25) is 0 Å². The lowest BCUT2D eigenvalue weighted by molar-refractivity contribution is 0.102. The second-order valence-corrected chi connectivity index (χ2v) is 6.58. The number of rotatable bonds is 7. The molecule has 2 N–H and O–H groups in total. The Hall–Kier alpha value is -3.25. The van der Waals surface area contributed by atoms with Gasteiger partial charge in [0, 0.05) is 31.0 Å². The average molecular weight is 376 g/mol. The van der Waals surface area contributed by atoms with E-state index in [1.807, 2.05) is 56.3 Å². The molecule has 1 heterocycles. The quantitative estimate of drug-likeness (QED) is 0.608. The van der Waals surface area contributed by atoms with Crippen molar-refractivity contribution in [2.24, 2.45) is 0 Å². The number of methoxy groups -OCH3 is 1. The topological polar surface area (TPSA) is 76.1 Å². The fourth-order valence-corrected chi connectivity index (χ4v) is 2.89. The summed E-state index contributed by atoms with van der Waals surface area (Å²) in [7, 11) is 1.64. The predicted octanol–water partition coefficient (Wildman–Crippen LogP) is 4.07. The summed E-state index contributed by atoms with van der Waals surface area (Å²) in [5.74, 6) is 0.796. The first-order valence-corrected chi connectivity index (χ1v) is 9.12. The van der Waals surface area contributed by atoms with E-state index in [1.54, 1.807) is 13.2 Å². The summed E-state index contributed by atoms with van der Waals surface area (Å²) in [6.45, 7) is 5.12. The summed E-state index contributed by atoms with van der Waals surface area (Å²) in [5.41, 5.74) is 4.07. The minimum absolute atomic E-state index is 0.278. The number of aryl methyl sites for hydroxylation is 2. The molecule has 2 aromatic carbocycles. The number of hydrogen-bond acceptors (Lipinski definition) is 5. The molecule has 6 heteroatoms. The van der Waals surface area contributed by atoms with Gasteiger partial charge in [0.05, 0.1) is 6.61 Å². The van der Waals surface area contributed by atoms with Crippen molar-refractivity contribution in [1.29, 1.82) is 0 Å². The van der Waals surface area contributed by atoms with E-state index in [4.69, 9.17) is 4.74 Å². The van der Waals surface area contributed by atoms with Crippen LogP contribution in [0.25, 0.3) is 11.4 Å². The zero-order valence-corrected chi connectivity index (χ0v) is 16.3. The highest BCUT2D eigenvalue weighted by molar-refractivity contribution is 6.03. The van der Waals surface area contributed by atoms with Gasteiger partial charge in [-0.3, -0.25) is 4.79 Å². The highest BCUT2D eigenvalue weighted by Crippen LogP contribution is 2.19. The Morgan fingerprint density at radius 1 is 1.00 bits per heavy atom. The van der Waals surface area contributed by atoms with Crippen LogP contribution >= 0.6 is 0 Å².